The molecule has 0 saturated heterocycles. The number of rotatable bonds is 7. The summed E-state index contributed by atoms with van der Waals surface area (Å²) in [5, 5.41) is -11.3. The molecule has 3 aliphatic rings. The lowest BCUT2D eigenvalue weighted by molar-refractivity contribution is 0.631. The van der Waals surface area contributed by atoms with Crippen molar-refractivity contribution in [2.75, 3.05) is 0 Å². The van der Waals surface area contributed by atoms with Crippen LogP contribution >= 0.6 is 0 Å². The fraction of sp³-hybridized carbons (Fsp3) is 0.0290. The van der Waals surface area contributed by atoms with Crippen LogP contribution in [0.5, 0.6) is 0 Å². The first kappa shape index (κ1) is 17.9. The Hall–Kier alpha value is -9.28. The van der Waals surface area contributed by atoms with E-state index >= 15 is 0 Å². The summed E-state index contributed by atoms with van der Waals surface area (Å²) in [6, 6.07) is -57.6. The zero-order chi connectivity index (χ0) is 89.1. The van der Waals surface area contributed by atoms with E-state index in [1.165, 1.54) is 0 Å². The minimum Gasteiger partial charge on any atom is -0.333 e. The molecule has 10 aromatic carbocycles. The molecular formula is C69H47N5Si2. The van der Waals surface area contributed by atoms with Gasteiger partial charge in [0.15, 0.2) is 33.6 Å². The van der Waals surface area contributed by atoms with E-state index in [1.54, 1.807) is 0 Å². The van der Waals surface area contributed by atoms with Crippen LogP contribution in [0.4, 0.5) is 0 Å². The Balaban J connectivity index is 1.24. The monoisotopic (exact) mass is 1050 g/mol. The van der Waals surface area contributed by atoms with Gasteiger partial charge in [0.05, 0.1) is 78.8 Å². The first-order chi connectivity index (χ1) is 56.4. The average Bonchev–Trinajstić information content (AvgIpc) is 1.59. The molecule has 0 bridgehead atoms. The molecule has 7 heteroatoms. The summed E-state index contributed by atoms with van der Waals surface area (Å²) in [4.78, 5) is 14.0. The van der Waals surface area contributed by atoms with Crippen molar-refractivity contribution in [1.82, 2.24) is 24.1 Å². The van der Waals surface area contributed by atoms with Gasteiger partial charge in [0.1, 0.15) is 0 Å². The van der Waals surface area contributed by atoms with Gasteiger partial charge in [-0.2, -0.15) is 0 Å². The Morgan fingerprint density at radius 3 is 1.45 bits per heavy atom. The number of aromatic nitrogens is 5. The molecule has 2 aliphatic heterocycles. The Morgan fingerprint density at radius 1 is 0.368 bits per heavy atom. The SMILES string of the molecule is [2H]C1=C([2H])C2C(C([2H])=C1[2H])[Si](c1c([2H])c([2H])c([2H])c([2H])c1[2H])(c1c([2H])c([2H])c([2H])c([2H])c1[2H])c1c([2H])c(-c3nc(-c4c([2H])c([2H])c([2H])c([2H])c4[2H])nc(-c4c([2H])c5c6c(c4[2H])c4c([2H])c([2H])c([2H])c([2H])c4n6-c4c([2H])c([2H])c([2H])c([2H])c4[Si]5(c4c([2H])c([2H])c([2H])c([2H])c4[2H])c4c([2H])c([2H])c([2H])c([2H])c4[2H])n3)c([2H])c3c4c([2H])c([2H])c([2H])c([2H])c4n2c13. The molecule has 2 unspecified atom stereocenters. The van der Waals surface area contributed by atoms with Crippen molar-refractivity contribution in [2.24, 2.45) is 0 Å². The number of fused-ring (bicyclic) bond motifs is 10. The van der Waals surface area contributed by atoms with Crippen LogP contribution in [0.15, 0.2) is 272 Å². The molecule has 76 heavy (non-hydrogen) atoms. The van der Waals surface area contributed by atoms with Gasteiger partial charge < -0.3 is 9.13 Å². The number of para-hydroxylation sites is 3. The van der Waals surface area contributed by atoms with Crippen LogP contribution in [0.3, 0.4) is 0 Å². The van der Waals surface area contributed by atoms with E-state index < -0.39 is 419 Å². The molecule has 0 fully saturated rings. The summed E-state index contributed by atoms with van der Waals surface area (Å²) in [5.41, 5.74) is -10.5. The van der Waals surface area contributed by atoms with Crippen molar-refractivity contribution >= 4 is 96.1 Å². The summed E-state index contributed by atoms with van der Waals surface area (Å²) in [7, 11) is -13.1. The summed E-state index contributed by atoms with van der Waals surface area (Å²) >= 11 is 0. The molecule has 2 atom stereocenters. The van der Waals surface area contributed by atoms with Crippen molar-refractivity contribution < 1.29 is 61.7 Å². The van der Waals surface area contributed by atoms with E-state index in [-0.39, 0.29) is 0 Å². The second-order valence-electron chi connectivity index (χ2n) is 17.1. The maximum absolute atomic E-state index is 11.3. The van der Waals surface area contributed by atoms with Gasteiger partial charge in [-0.25, -0.2) is 15.0 Å². The largest absolute Gasteiger partial charge is 0.333 e. The summed E-state index contributed by atoms with van der Waals surface area (Å²) in [5.74, 6) is -3.98. The second kappa shape index (κ2) is 16.6. The van der Waals surface area contributed by atoms with Crippen LogP contribution in [0, 0.1) is 0 Å². The molecule has 0 radical (unpaired) electrons. The lowest BCUT2D eigenvalue weighted by Gasteiger charge is -2.47. The van der Waals surface area contributed by atoms with E-state index in [1.807, 2.05) is 0 Å². The van der Waals surface area contributed by atoms with E-state index in [2.05, 4.69) is 9.97 Å². The molecule has 1 aliphatic carbocycles. The number of hydrogen-bond donors (Lipinski definition) is 0. The third kappa shape index (κ3) is 5.92. The Kier molecular flexibility index (Phi) is 3.92. The van der Waals surface area contributed by atoms with Crippen LogP contribution in [0.1, 0.15) is 67.7 Å². The number of allylic oxidation sites excluding steroid dienone is 4. The smallest absolute Gasteiger partial charge is 0.184 e. The zero-order valence-corrected chi connectivity index (χ0v) is 39.9. The number of benzene rings is 10. The van der Waals surface area contributed by atoms with E-state index in [9.17, 15) is 50.7 Å². The average molecular weight is 1050 g/mol. The molecule has 0 saturated carbocycles. The summed E-state index contributed by atoms with van der Waals surface area (Å²) in [6.07, 6.45) is 0. The van der Waals surface area contributed by atoms with Gasteiger partial charge in [-0.1, -0.05) is 230 Å². The normalized spacial score (nSPS) is 25.3. The number of hydrogen-bond acceptors (Lipinski definition) is 3. The highest BCUT2D eigenvalue weighted by Gasteiger charge is 2.54. The maximum Gasteiger partial charge on any atom is 0.184 e. The molecule has 356 valence electrons. The first-order valence-corrected chi connectivity index (χ1v) is 26.7. The predicted molar refractivity (Wildman–Crippen MR) is 319 cm³/mol. The van der Waals surface area contributed by atoms with Gasteiger partial charge in [0.2, 0.25) is 0 Å². The van der Waals surface area contributed by atoms with Crippen molar-refractivity contribution in [2.45, 2.75) is 11.6 Å². The van der Waals surface area contributed by atoms with E-state index in [4.69, 9.17) is 16.0 Å². The fourth-order valence-corrected chi connectivity index (χ4v) is 19.7. The highest BCUT2D eigenvalue weighted by Crippen LogP contribution is 2.48. The highest BCUT2D eigenvalue weighted by atomic mass is 28.3. The second-order valence-corrected chi connectivity index (χ2v) is 24.4. The van der Waals surface area contributed by atoms with Gasteiger partial charge in [0.25, 0.3) is 0 Å². The van der Waals surface area contributed by atoms with Gasteiger partial charge in [0, 0.05) is 60.5 Å². The van der Waals surface area contributed by atoms with Crippen molar-refractivity contribution in [3.63, 3.8) is 0 Å². The quantitative estimate of drug-likeness (QED) is 0.149. The molecule has 13 aromatic rings. The van der Waals surface area contributed by atoms with Crippen LogP contribution in [0.2, 0.25) is 5.54 Å². The molecular weight excluding hydrogens is 955 g/mol. The van der Waals surface area contributed by atoms with Gasteiger partial charge >= 0.3 is 0 Å². The highest BCUT2D eigenvalue weighted by molar-refractivity contribution is 7.21. The Labute approximate surface area is 505 Å². The predicted octanol–water partition coefficient (Wildman–Crippen LogP) is 11.3. The van der Waals surface area contributed by atoms with E-state index in [0.717, 1.165) is 9.13 Å². The van der Waals surface area contributed by atoms with E-state index in [0.29, 0.717) is 0 Å². The minimum absolute atomic E-state index is 0.728. The van der Waals surface area contributed by atoms with Crippen molar-refractivity contribution in [3.8, 4) is 39.9 Å². The Morgan fingerprint density at radius 2 is 0.829 bits per heavy atom. The van der Waals surface area contributed by atoms with Crippen LogP contribution in [0.25, 0.3) is 83.5 Å². The molecule has 3 aromatic heterocycles. The standard InChI is InChI=1S/C69H47N5Si2/c1-6-24-46(25-7-1)67-70-68(47-42-55-53-34-16-18-36-57(53)73-59-38-20-22-40-61(59)75(63(44-47)65(55)73,49-26-8-2-9-27-49)50-28-10-3-11-29-50)72-69(71-67)48-43-56-54-35-17-19-37-58(54)74-60-39-21-23-41-62(60)76(64(45-48)66(56)74,51-30-12-4-13-31-51)52-32-14-5-15-33-52/h1-45,59,61H/i1D,2D,3D,4D,5D,6D,7D,8D,9D,10D,11D,12D,13D,14D,15D,16D,17D,18D,19D,20D,21D,22D,23D,24D,25D,26D,27D,28D,29D,30D,31D,32D,33D,34D,35D,36D,37D,38D,39D,40D,41D,42D,43D,44D,45D. The third-order valence-electron chi connectivity index (χ3n) is 13.7. The lowest BCUT2D eigenvalue weighted by atomic mass is 10.1. The lowest BCUT2D eigenvalue weighted by Crippen LogP contribution is -2.76. The molecule has 5 heterocycles. The summed E-state index contributed by atoms with van der Waals surface area (Å²) in [6.45, 7) is 0. The number of nitrogens with zero attached hydrogens (tertiary/aromatic N) is 5. The zero-order valence-electron chi connectivity index (χ0n) is 82.9. The van der Waals surface area contributed by atoms with Gasteiger partial charge in [-0.3, -0.25) is 0 Å². The third-order valence-corrected chi connectivity index (χ3v) is 22.5. The minimum atomic E-state index is -6.63. The Bertz CT molecular complexity index is 7030. The topological polar surface area (TPSA) is 48.5 Å². The fourth-order valence-electron chi connectivity index (χ4n) is 10.8. The molecule has 0 amide bonds. The van der Waals surface area contributed by atoms with Crippen molar-refractivity contribution in [1.29, 1.82) is 0 Å². The maximum atomic E-state index is 11.3. The van der Waals surface area contributed by atoms with Crippen LogP contribution in [-0.2, 0) is 0 Å². The first-order valence-electron chi connectivity index (χ1n) is 45.2. The van der Waals surface area contributed by atoms with Crippen molar-refractivity contribution in [3.05, 3.63) is 272 Å². The molecule has 5 nitrogen and oxygen atoms in total. The van der Waals surface area contributed by atoms with Crippen LogP contribution in [-0.4, -0.2) is 40.2 Å². The van der Waals surface area contributed by atoms with Crippen LogP contribution < -0.4 is 36.3 Å². The molecule has 16 rings (SSSR count). The van der Waals surface area contributed by atoms with Gasteiger partial charge in [-0.15, -0.1) is 0 Å². The molecule has 0 spiro atoms. The molecule has 0 N–H and O–H groups in total. The summed E-state index contributed by atoms with van der Waals surface area (Å²) < 4.78 is 436. The van der Waals surface area contributed by atoms with Gasteiger partial charge in [-0.05, 0) is 78.6 Å².